The molecule has 0 aromatic carbocycles. The third kappa shape index (κ3) is 3.66. The van der Waals surface area contributed by atoms with E-state index in [1.807, 2.05) is 18.3 Å². The zero-order valence-corrected chi connectivity index (χ0v) is 12.8. The van der Waals surface area contributed by atoms with Crippen LogP contribution in [0.2, 0.25) is 0 Å². The Morgan fingerprint density at radius 2 is 2.18 bits per heavy atom. The fraction of sp³-hybridized carbons (Fsp3) is 0.583. The van der Waals surface area contributed by atoms with Crippen molar-refractivity contribution in [3.8, 4) is 0 Å². The molecular formula is C12H16Br2N2O. The highest BCUT2D eigenvalue weighted by Crippen LogP contribution is 2.26. The second-order valence-electron chi connectivity index (χ2n) is 4.06. The van der Waals surface area contributed by atoms with Gasteiger partial charge in [-0.25, -0.2) is 4.98 Å². The molecule has 0 aliphatic carbocycles. The third-order valence-corrected chi connectivity index (χ3v) is 3.85. The Balaban J connectivity index is 1.89. The van der Waals surface area contributed by atoms with Gasteiger partial charge in [-0.15, -0.1) is 0 Å². The third-order valence-electron chi connectivity index (χ3n) is 2.91. The van der Waals surface area contributed by atoms with E-state index < -0.39 is 0 Å². The Hall–Kier alpha value is -0.130. The van der Waals surface area contributed by atoms with Gasteiger partial charge in [0.15, 0.2) is 0 Å². The lowest BCUT2D eigenvalue weighted by Crippen LogP contribution is -2.37. The molecule has 5 heteroatoms. The van der Waals surface area contributed by atoms with Crippen LogP contribution in [0.15, 0.2) is 22.8 Å². The molecule has 1 aliphatic rings. The van der Waals surface area contributed by atoms with E-state index in [9.17, 15) is 0 Å². The van der Waals surface area contributed by atoms with E-state index in [4.69, 9.17) is 4.74 Å². The van der Waals surface area contributed by atoms with Crippen LogP contribution < -0.4 is 4.90 Å². The van der Waals surface area contributed by atoms with Gasteiger partial charge in [-0.05, 0) is 40.9 Å². The molecule has 2 rings (SSSR count). The van der Waals surface area contributed by atoms with Gasteiger partial charge in [-0.1, -0.05) is 15.9 Å². The second kappa shape index (κ2) is 6.71. The van der Waals surface area contributed by atoms with Crippen molar-refractivity contribution in [2.75, 3.05) is 29.9 Å². The fourth-order valence-corrected chi connectivity index (χ4v) is 2.75. The lowest BCUT2D eigenvalue weighted by atomic mass is 10.1. The standard InChI is InChI=1S/C12H16Br2N2O/c13-5-9-17-10-3-7-16(8-4-10)12-11(14)2-1-6-15-12/h1-2,6,10H,3-5,7-9H2. The van der Waals surface area contributed by atoms with Crippen LogP contribution in [0.1, 0.15) is 12.8 Å². The summed E-state index contributed by atoms with van der Waals surface area (Å²) in [7, 11) is 0. The number of piperidine rings is 1. The van der Waals surface area contributed by atoms with Crippen LogP contribution in [0.5, 0.6) is 0 Å². The number of anilines is 1. The van der Waals surface area contributed by atoms with Crippen molar-refractivity contribution in [2.24, 2.45) is 0 Å². The van der Waals surface area contributed by atoms with Gasteiger partial charge in [-0.3, -0.25) is 0 Å². The summed E-state index contributed by atoms with van der Waals surface area (Å²) in [4.78, 5) is 6.74. The summed E-state index contributed by atoms with van der Waals surface area (Å²) in [5.74, 6) is 1.05. The van der Waals surface area contributed by atoms with Gasteiger partial charge in [0.05, 0.1) is 17.2 Å². The van der Waals surface area contributed by atoms with Crippen molar-refractivity contribution >= 4 is 37.7 Å². The molecule has 1 saturated heterocycles. The van der Waals surface area contributed by atoms with E-state index in [2.05, 4.69) is 41.7 Å². The molecule has 0 N–H and O–H groups in total. The van der Waals surface area contributed by atoms with E-state index in [0.29, 0.717) is 6.10 Å². The lowest BCUT2D eigenvalue weighted by molar-refractivity contribution is 0.0480. The number of nitrogens with zero attached hydrogens (tertiary/aromatic N) is 2. The topological polar surface area (TPSA) is 25.4 Å². The van der Waals surface area contributed by atoms with Crippen LogP contribution in [0, 0.1) is 0 Å². The molecule has 2 heterocycles. The first-order chi connectivity index (χ1) is 8.31. The summed E-state index contributed by atoms with van der Waals surface area (Å²) < 4.78 is 6.81. The molecule has 1 aromatic rings. The van der Waals surface area contributed by atoms with E-state index in [-0.39, 0.29) is 0 Å². The van der Waals surface area contributed by atoms with Crippen LogP contribution in [-0.4, -0.2) is 36.1 Å². The summed E-state index contributed by atoms with van der Waals surface area (Å²) >= 11 is 6.93. The molecule has 0 bridgehead atoms. The summed E-state index contributed by atoms with van der Waals surface area (Å²) in [6, 6.07) is 3.98. The van der Waals surface area contributed by atoms with Crippen LogP contribution in [0.25, 0.3) is 0 Å². The van der Waals surface area contributed by atoms with Crippen molar-refractivity contribution in [1.82, 2.24) is 4.98 Å². The minimum Gasteiger partial charge on any atom is -0.377 e. The van der Waals surface area contributed by atoms with Gasteiger partial charge in [0.2, 0.25) is 0 Å². The molecule has 0 unspecified atom stereocenters. The first-order valence-corrected chi connectivity index (χ1v) is 7.75. The molecule has 1 aliphatic heterocycles. The minimum atomic E-state index is 0.409. The molecule has 1 fully saturated rings. The molecule has 0 radical (unpaired) electrons. The van der Waals surface area contributed by atoms with Crippen molar-refractivity contribution in [2.45, 2.75) is 18.9 Å². The van der Waals surface area contributed by atoms with Crippen molar-refractivity contribution in [3.05, 3.63) is 22.8 Å². The number of rotatable bonds is 4. The highest BCUT2D eigenvalue weighted by Gasteiger charge is 2.21. The Morgan fingerprint density at radius 1 is 1.41 bits per heavy atom. The van der Waals surface area contributed by atoms with Crippen molar-refractivity contribution in [1.29, 1.82) is 0 Å². The van der Waals surface area contributed by atoms with Gasteiger partial charge in [0.1, 0.15) is 5.82 Å². The predicted octanol–water partition coefficient (Wildman–Crippen LogP) is 3.22. The van der Waals surface area contributed by atoms with Gasteiger partial charge in [0.25, 0.3) is 0 Å². The molecule has 0 saturated carbocycles. The minimum absolute atomic E-state index is 0.409. The number of hydrogen-bond acceptors (Lipinski definition) is 3. The molecular weight excluding hydrogens is 348 g/mol. The summed E-state index contributed by atoms with van der Waals surface area (Å²) in [6.45, 7) is 2.84. The molecule has 1 aromatic heterocycles. The number of halogens is 2. The molecule has 3 nitrogen and oxygen atoms in total. The fourth-order valence-electron chi connectivity index (χ4n) is 2.06. The Morgan fingerprint density at radius 3 is 2.82 bits per heavy atom. The maximum Gasteiger partial charge on any atom is 0.142 e. The largest absolute Gasteiger partial charge is 0.377 e. The predicted molar refractivity (Wildman–Crippen MR) is 76.9 cm³/mol. The van der Waals surface area contributed by atoms with Gasteiger partial charge in [-0.2, -0.15) is 0 Å². The first kappa shape index (κ1) is 13.3. The van der Waals surface area contributed by atoms with E-state index in [1.54, 1.807) is 0 Å². The molecule has 0 amide bonds. The maximum absolute atomic E-state index is 5.74. The average Bonchev–Trinajstić information content (AvgIpc) is 2.38. The summed E-state index contributed by atoms with van der Waals surface area (Å²) in [5.41, 5.74) is 0. The summed E-state index contributed by atoms with van der Waals surface area (Å²) in [6.07, 6.45) is 4.41. The number of pyridine rings is 1. The highest BCUT2D eigenvalue weighted by molar-refractivity contribution is 9.10. The zero-order valence-electron chi connectivity index (χ0n) is 9.61. The number of ether oxygens (including phenoxy) is 1. The van der Waals surface area contributed by atoms with E-state index in [1.165, 1.54) is 0 Å². The maximum atomic E-state index is 5.74. The van der Waals surface area contributed by atoms with Crippen LogP contribution in [0.3, 0.4) is 0 Å². The van der Waals surface area contributed by atoms with E-state index >= 15 is 0 Å². The molecule has 94 valence electrons. The molecule has 0 atom stereocenters. The van der Waals surface area contributed by atoms with Gasteiger partial charge < -0.3 is 9.64 Å². The normalized spacial score (nSPS) is 17.4. The summed E-state index contributed by atoms with van der Waals surface area (Å²) in [5, 5.41) is 0.916. The highest BCUT2D eigenvalue weighted by atomic mass is 79.9. The smallest absolute Gasteiger partial charge is 0.142 e. The molecule has 0 spiro atoms. The second-order valence-corrected chi connectivity index (χ2v) is 5.70. The number of aromatic nitrogens is 1. The van der Waals surface area contributed by atoms with Crippen LogP contribution in [-0.2, 0) is 4.74 Å². The average molecular weight is 364 g/mol. The quantitative estimate of drug-likeness (QED) is 0.768. The van der Waals surface area contributed by atoms with Crippen LogP contribution in [0.4, 0.5) is 5.82 Å². The molecule has 17 heavy (non-hydrogen) atoms. The Kier molecular flexibility index (Phi) is 5.25. The zero-order chi connectivity index (χ0) is 12.1. The SMILES string of the molecule is BrCCOC1CCN(c2ncccc2Br)CC1. The van der Waals surface area contributed by atoms with Crippen molar-refractivity contribution < 1.29 is 4.74 Å². The van der Waals surface area contributed by atoms with Crippen molar-refractivity contribution in [3.63, 3.8) is 0 Å². The van der Waals surface area contributed by atoms with Crippen LogP contribution >= 0.6 is 31.9 Å². The Bertz CT molecular complexity index is 354. The first-order valence-electron chi connectivity index (χ1n) is 5.84. The number of alkyl halides is 1. The van der Waals surface area contributed by atoms with Gasteiger partial charge >= 0.3 is 0 Å². The van der Waals surface area contributed by atoms with E-state index in [0.717, 1.165) is 48.2 Å². The lowest BCUT2D eigenvalue weighted by Gasteiger charge is -2.33. The number of hydrogen-bond donors (Lipinski definition) is 0. The monoisotopic (exact) mass is 362 g/mol. The van der Waals surface area contributed by atoms with Gasteiger partial charge in [0, 0.05) is 24.6 Å². The Labute approximate surface area is 119 Å².